The van der Waals surface area contributed by atoms with Crippen molar-refractivity contribution in [3.05, 3.63) is 82.8 Å². The van der Waals surface area contributed by atoms with E-state index in [1.807, 2.05) is 6.07 Å². The molecule has 0 saturated carbocycles. The molecule has 0 amide bonds. The maximum absolute atomic E-state index is 13.5. The average molecular weight is 408 g/mol. The van der Waals surface area contributed by atoms with Crippen LogP contribution in [-0.4, -0.2) is 31.1 Å². The predicted molar refractivity (Wildman–Crippen MR) is 104 cm³/mol. The molecule has 1 unspecified atom stereocenters. The summed E-state index contributed by atoms with van der Waals surface area (Å²) in [4.78, 5) is 30.8. The Morgan fingerprint density at radius 2 is 1.83 bits per heavy atom. The number of carbonyl (C=O) groups excluding carboxylic acids is 2. The maximum atomic E-state index is 13.5. The zero-order valence-corrected chi connectivity index (χ0v) is 16.1. The molecule has 8 nitrogen and oxygen atoms in total. The van der Waals surface area contributed by atoms with Crippen LogP contribution in [0.2, 0.25) is 0 Å². The Morgan fingerprint density at radius 3 is 2.37 bits per heavy atom. The molecule has 0 saturated heterocycles. The number of esters is 2. The summed E-state index contributed by atoms with van der Waals surface area (Å²) < 4.78 is 23.3. The largest absolute Gasteiger partial charge is 0.466 e. The van der Waals surface area contributed by atoms with Gasteiger partial charge >= 0.3 is 11.9 Å². The molecule has 1 aromatic heterocycles. The van der Waals surface area contributed by atoms with Crippen molar-refractivity contribution in [1.82, 2.24) is 4.98 Å². The second kappa shape index (κ2) is 8.45. The average Bonchev–Trinajstić information content (AvgIpc) is 2.78. The molecule has 1 aromatic carbocycles. The van der Waals surface area contributed by atoms with Crippen LogP contribution in [0.15, 0.2) is 71.5 Å². The van der Waals surface area contributed by atoms with Gasteiger partial charge in [0.05, 0.1) is 37.4 Å². The molecule has 0 bridgehead atoms. The van der Waals surface area contributed by atoms with Crippen molar-refractivity contribution in [1.29, 1.82) is 5.26 Å². The van der Waals surface area contributed by atoms with E-state index in [0.29, 0.717) is 5.56 Å². The van der Waals surface area contributed by atoms with E-state index in [9.17, 15) is 19.2 Å². The van der Waals surface area contributed by atoms with Crippen LogP contribution in [-0.2, 0) is 19.1 Å². The third kappa shape index (κ3) is 3.46. The number of methoxy groups -OCH3 is 2. The van der Waals surface area contributed by atoms with E-state index >= 15 is 0 Å². The molecule has 2 heterocycles. The molecule has 3 rings (SSSR count). The van der Waals surface area contributed by atoms with Crippen LogP contribution in [0.4, 0.5) is 10.1 Å². The minimum atomic E-state index is -1.01. The first-order valence-electron chi connectivity index (χ1n) is 8.70. The number of rotatable bonds is 4. The van der Waals surface area contributed by atoms with Crippen LogP contribution in [0.3, 0.4) is 0 Å². The third-order valence-corrected chi connectivity index (χ3v) is 4.58. The highest BCUT2D eigenvalue weighted by Crippen LogP contribution is 2.42. The van der Waals surface area contributed by atoms with Gasteiger partial charge in [-0.3, -0.25) is 9.88 Å². The summed E-state index contributed by atoms with van der Waals surface area (Å²) in [5.74, 6) is -3.36. The Labute approximate surface area is 171 Å². The van der Waals surface area contributed by atoms with E-state index < -0.39 is 23.7 Å². The van der Waals surface area contributed by atoms with E-state index in [0.717, 1.165) is 26.4 Å². The molecule has 0 fully saturated rings. The van der Waals surface area contributed by atoms with Crippen LogP contribution < -0.4 is 10.6 Å². The van der Waals surface area contributed by atoms with Gasteiger partial charge in [0.15, 0.2) is 0 Å². The Morgan fingerprint density at radius 1 is 1.17 bits per heavy atom. The molecule has 1 aliphatic heterocycles. The normalized spacial score (nSPS) is 16.2. The highest BCUT2D eigenvalue weighted by Gasteiger charge is 2.43. The van der Waals surface area contributed by atoms with E-state index in [1.54, 1.807) is 12.1 Å². The standard InChI is InChI=1S/C21H17FN4O4/c1-29-20(27)17-16(12-4-3-9-25-11-12)15(10-23)19(24)26(18(17)21(28)30-2)14-7-5-13(22)6-8-14/h3-9,11,16H,24H2,1-2H3. The van der Waals surface area contributed by atoms with Gasteiger partial charge in [-0.15, -0.1) is 0 Å². The number of nitrogens with two attached hydrogens (primary N) is 1. The summed E-state index contributed by atoms with van der Waals surface area (Å²) in [6.07, 6.45) is 2.99. The van der Waals surface area contributed by atoms with Crippen LogP contribution in [0, 0.1) is 17.1 Å². The number of halogens is 1. The van der Waals surface area contributed by atoms with Crippen LogP contribution in [0.5, 0.6) is 0 Å². The Bertz CT molecular complexity index is 1090. The molecule has 0 radical (unpaired) electrons. The minimum absolute atomic E-state index is 0.000350. The monoisotopic (exact) mass is 408 g/mol. The number of hydrogen-bond donors (Lipinski definition) is 1. The van der Waals surface area contributed by atoms with E-state index in [-0.39, 0.29) is 28.4 Å². The third-order valence-electron chi connectivity index (χ3n) is 4.58. The molecule has 2 aromatic rings. The van der Waals surface area contributed by atoms with Crippen LogP contribution >= 0.6 is 0 Å². The van der Waals surface area contributed by atoms with Gasteiger partial charge in [0.2, 0.25) is 0 Å². The zero-order chi connectivity index (χ0) is 21.8. The summed E-state index contributed by atoms with van der Waals surface area (Å²) in [7, 11) is 2.30. The summed E-state index contributed by atoms with van der Waals surface area (Å²) >= 11 is 0. The molecule has 9 heteroatoms. The molecule has 1 atom stereocenters. The van der Waals surface area contributed by atoms with Crippen LogP contribution in [0.1, 0.15) is 11.5 Å². The smallest absolute Gasteiger partial charge is 0.355 e. The van der Waals surface area contributed by atoms with Gasteiger partial charge in [0.25, 0.3) is 0 Å². The lowest BCUT2D eigenvalue weighted by Crippen LogP contribution is -2.40. The molecular formula is C21H17FN4O4. The second-order valence-electron chi connectivity index (χ2n) is 6.19. The highest BCUT2D eigenvalue weighted by molar-refractivity contribution is 6.06. The fourth-order valence-electron chi connectivity index (χ4n) is 3.27. The quantitative estimate of drug-likeness (QED) is 0.764. The SMILES string of the molecule is COC(=O)C1=C(C(=O)OC)N(c2ccc(F)cc2)C(N)=C(C#N)C1c1cccnc1. The molecule has 2 N–H and O–H groups in total. The number of nitrogens with zero attached hydrogens (tertiary/aromatic N) is 3. The van der Waals surface area contributed by atoms with Gasteiger partial charge in [0, 0.05) is 18.1 Å². The molecule has 30 heavy (non-hydrogen) atoms. The Hall–Kier alpha value is -4.19. The number of benzene rings is 1. The highest BCUT2D eigenvalue weighted by atomic mass is 19.1. The van der Waals surface area contributed by atoms with Crippen molar-refractivity contribution >= 4 is 17.6 Å². The summed E-state index contributed by atoms with van der Waals surface area (Å²) in [5.41, 5.74) is 6.63. The first-order chi connectivity index (χ1) is 14.4. The number of nitriles is 1. The number of anilines is 1. The minimum Gasteiger partial charge on any atom is -0.466 e. The maximum Gasteiger partial charge on any atom is 0.355 e. The van der Waals surface area contributed by atoms with E-state index in [4.69, 9.17) is 15.2 Å². The fraction of sp³-hybridized carbons (Fsp3) is 0.143. The topological polar surface area (TPSA) is 119 Å². The first-order valence-corrected chi connectivity index (χ1v) is 8.70. The molecular weight excluding hydrogens is 391 g/mol. The van der Waals surface area contributed by atoms with Crippen molar-refractivity contribution in [2.75, 3.05) is 19.1 Å². The van der Waals surface area contributed by atoms with Gasteiger partial charge in [-0.2, -0.15) is 5.26 Å². The lowest BCUT2D eigenvalue weighted by Gasteiger charge is -2.35. The molecule has 1 aliphatic rings. The van der Waals surface area contributed by atoms with Crippen LogP contribution in [0.25, 0.3) is 0 Å². The Balaban J connectivity index is 2.39. The molecule has 0 spiro atoms. The van der Waals surface area contributed by atoms with Crippen molar-refractivity contribution in [3.63, 3.8) is 0 Å². The second-order valence-corrected chi connectivity index (χ2v) is 6.19. The van der Waals surface area contributed by atoms with Crippen molar-refractivity contribution in [3.8, 4) is 6.07 Å². The number of ether oxygens (including phenoxy) is 2. The van der Waals surface area contributed by atoms with Gasteiger partial charge in [0.1, 0.15) is 17.3 Å². The molecule has 152 valence electrons. The summed E-state index contributed by atoms with van der Waals surface area (Å²) in [5, 5.41) is 9.87. The number of aromatic nitrogens is 1. The lowest BCUT2D eigenvalue weighted by atomic mass is 9.81. The van der Waals surface area contributed by atoms with Crippen molar-refractivity contribution in [2.24, 2.45) is 5.73 Å². The fourth-order valence-corrected chi connectivity index (χ4v) is 3.27. The van der Waals surface area contributed by atoms with Crippen molar-refractivity contribution < 1.29 is 23.5 Å². The summed E-state index contributed by atoms with van der Waals surface area (Å²) in [6, 6.07) is 10.3. The molecule has 0 aliphatic carbocycles. The number of pyridine rings is 1. The lowest BCUT2D eigenvalue weighted by molar-refractivity contribution is -0.139. The first kappa shape index (κ1) is 20.5. The number of hydrogen-bond acceptors (Lipinski definition) is 8. The van der Waals surface area contributed by atoms with E-state index in [1.165, 1.54) is 29.4 Å². The van der Waals surface area contributed by atoms with Gasteiger partial charge < -0.3 is 15.2 Å². The number of allylic oxidation sites excluding steroid dienone is 1. The van der Waals surface area contributed by atoms with Gasteiger partial charge in [-0.05, 0) is 35.9 Å². The number of carbonyl (C=O) groups is 2. The summed E-state index contributed by atoms with van der Waals surface area (Å²) in [6.45, 7) is 0. The zero-order valence-electron chi connectivity index (χ0n) is 16.1. The van der Waals surface area contributed by atoms with Crippen molar-refractivity contribution in [2.45, 2.75) is 5.92 Å². The van der Waals surface area contributed by atoms with Gasteiger partial charge in [-0.1, -0.05) is 6.07 Å². The van der Waals surface area contributed by atoms with Gasteiger partial charge in [-0.25, -0.2) is 14.0 Å². The predicted octanol–water partition coefficient (Wildman–Crippen LogP) is 2.12. The Kier molecular flexibility index (Phi) is 5.78. The van der Waals surface area contributed by atoms with E-state index in [2.05, 4.69) is 4.98 Å².